The zero-order chi connectivity index (χ0) is 15.9. The number of phenolic OH excluding ortho intramolecular Hbond substituents is 2. The summed E-state index contributed by atoms with van der Waals surface area (Å²) in [4.78, 5) is 12.5. The Morgan fingerprint density at radius 2 is 1.73 bits per heavy atom. The normalized spacial score (nSPS) is 10.8. The third kappa shape index (κ3) is 2.06. The molecule has 6 nitrogen and oxygen atoms in total. The summed E-state index contributed by atoms with van der Waals surface area (Å²) in [5.41, 5.74) is 0.975. The van der Waals surface area contributed by atoms with Gasteiger partial charge in [-0.3, -0.25) is 4.79 Å². The van der Waals surface area contributed by atoms with Gasteiger partial charge in [0.05, 0.1) is 11.1 Å². The predicted molar refractivity (Wildman–Crippen MR) is 81.7 cm³/mol. The van der Waals surface area contributed by atoms with E-state index < -0.39 is 5.91 Å². The van der Waals surface area contributed by atoms with E-state index in [1.165, 1.54) is 12.1 Å². The van der Waals surface area contributed by atoms with Crippen molar-refractivity contribution in [3.05, 3.63) is 53.8 Å². The predicted octanol–water partition coefficient (Wildman–Crippen LogP) is 2.67. The Kier molecular flexibility index (Phi) is 3.23. The summed E-state index contributed by atoms with van der Waals surface area (Å²) in [6, 6.07) is 11.3. The van der Waals surface area contributed by atoms with E-state index in [4.69, 9.17) is 10.3 Å². The summed E-state index contributed by atoms with van der Waals surface area (Å²) in [5, 5.41) is 21.0. The number of carbonyl (C=O) groups excluding carboxylic acids is 1. The van der Waals surface area contributed by atoms with Crippen LogP contribution in [0.5, 0.6) is 11.5 Å². The molecule has 4 N–H and O–H groups in total. The van der Waals surface area contributed by atoms with Crippen LogP contribution >= 0.6 is 0 Å². The van der Waals surface area contributed by atoms with Crippen LogP contribution < -0.4 is 10.9 Å². The molecule has 0 bridgehead atoms. The number of fused-ring (bicyclic) bond motifs is 1. The van der Waals surface area contributed by atoms with Gasteiger partial charge < -0.3 is 14.6 Å². The molecule has 1 amide bonds. The number of furan rings is 1. The standard InChI is InChI=1S/C16H14N2O4/c1-9-13-11(19)7-8-12(20)15(13)22-14(9)16(21)18(17)10-5-3-2-4-6-10/h2-8,19-20H,17H2,1H3. The molecular weight excluding hydrogens is 284 g/mol. The summed E-state index contributed by atoms with van der Waals surface area (Å²) < 4.78 is 5.43. The lowest BCUT2D eigenvalue weighted by Crippen LogP contribution is -2.37. The highest BCUT2D eigenvalue weighted by Gasteiger charge is 2.25. The van der Waals surface area contributed by atoms with Crippen LogP contribution in [0, 0.1) is 6.92 Å². The second kappa shape index (κ2) is 5.09. The molecule has 1 aromatic heterocycles. The minimum atomic E-state index is -0.571. The smallest absolute Gasteiger partial charge is 0.308 e. The fourth-order valence-electron chi connectivity index (χ4n) is 2.34. The Balaban J connectivity index is 2.11. The van der Waals surface area contributed by atoms with E-state index in [-0.39, 0.29) is 22.8 Å². The summed E-state index contributed by atoms with van der Waals surface area (Å²) in [6.45, 7) is 1.62. The average Bonchev–Trinajstić information content (AvgIpc) is 2.89. The van der Waals surface area contributed by atoms with Crippen LogP contribution in [0.4, 0.5) is 5.69 Å². The van der Waals surface area contributed by atoms with E-state index in [9.17, 15) is 15.0 Å². The minimum absolute atomic E-state index is 0.0295. The van der Waals surface area contributed by atoms with Crippen molar-refractivity contribution in [2.24, 2.45) is 5.84 Å². The van der Waals surface area contributed by atoms with Crippen molar-refractivity contribution in [2.45, 2.75) is 6.92 Å². The zero-order valence-electron chi connectivity index (χ0n) is 11.8. The topological polar surface area (TPSA) is 99.9 Å². The largest absolute Gasteiger partial charge is 0.507 e. The monoisotopic (exact) mass is 298 g/mol. The quantitative estimate of drug-likeness (QED) is 0.292. The molecule has 6 heteroatoms. The number of rotatable bonds is 2. The molecule has 3 rings (SSSR count). The number of aromatic hydroxyl groups is 2. The molecule has 22 heavy (non-hydrogen) atoms. The van der Waals surface area contributed by atoms with Crippen molar-refractivity contribution < 1.29 is 19.4 Å². The van der Waals surface area contributed by atoms with Gasteiger partial charge in [0.25, 0.3) is 0 Å². The molecule has 0 spiro atoms. The summed E-state index contributed by atoms with van der Waals surface area (Å²) in [6.07, 6.45) is 0. The highest BCUT2D eigenvalue weighted by molar-refractivity contribution is 6.08. The second-order valence-electron chi connectivity index (χ2n) is 4.87. The van der Waals surface area contributed by atoms with Crippen molar-refractivity contribution in [1.29, 1.82) is 0 Å². The minimum Gasteiger partial charge on any atom is -0.507 e. The number of nitrogens with two attached hydrogens (primary N) is 1. The molecule has 2 aromatic carbocycles. The van der Waals surface area contributed by atoms with Gasteiger partial charge >= 0.3 is 5.91 Å². The third-order valence-electron chi connectivity index (χ3n) is 3.48. The highest BCUT2D eigenvalue weighted by atomic mass is 16.4. The first-order valence-electron chi connectivity index (χ1n) is 6.59. The molecular formula is C16H14N2O4. The molecule has 0 atom stereocenters. The van der Waals surface area contributed by atoms with Gasteiger partial charge in [0.15, 0.2) is 17.1 Å². The first-order valence-corrected chi connectivity index (χ1v) is 6.59. The number of para-hydroxylation sites is 1. The number of phenols is 2. The summed E-state index contributed by atoms with van der Waals surface area (Å²) >= 11 is 0. The number of hydrazine groups is 1. The molecule has 0 aliphatic carbocycles. The Morgan fingerprint density at radius 3 is 2.36 bits per heavy atom. The van der Waals surface area contributed by atoms with E-state index >= 15 is 0 Å². The van der Waals surface area contributed by atoms with Crippen molar-refractivity contribution in [2.75, 3.05) is 5.01 Å². The van der Waals surface area contributed by atoms with E-state index in [1.807, 2.05) is 6.07 Å². The van der Waals surface area contributed by atoms with Crippen LogP contribution in [0.15, 0.2) is 46.9 Å². The molecule has 0 saturated carbocycles. The maximum absolute atomic E-state index is 12.5. The second-order valence-corrected chi connectivity index (χ2v) is 4.87. The number of anilines is 1. The number of nitrogens with zero attached hydrogens (tertiary/aromatic N) is 1. The lowest BCUT2D eigenvalue weighted by atomic mass is 10.1. The summed E-state index contributed by atoms with van der Waals surface area (Å²) in [7, 11) is 0. The molecule has 0 aliphatic heterocycles. The van der Waals surface area contributed by atoms with Crippen molar-refractivity contribution in [3.8, 4) is 11.5 Å². The molecule has 0 radical (unpaired) electrons. The number of aryl methyl sites for hydroxylation is 1. The molecule has 0 saturated heterocycles. The van der Waals surface area contributed by atoms with Gasteiger partial charge in [-0.15, -0.1) is 0 Å². The maximum atomic E-state index is 12.5. The van der Waals surface area contributed by atoms with Gasteiger partial charge in [-0.25, -0.2) is 10.9 Å². The Bertz CT molecular complexity index is 855. The van der Waals surface area contributed by atoms with Crippen LogP contribution in [0.2, 0.25) is 0 Å². The van der Waals surface area contributed by atoms with Crippen LogP contribution in [0.3, 0.4) is 0 Å². The molecule has 3 aromatic rings. The van der Waals surface area contributed by atoms with E-state index in [1.54, 1.807) is 31.2 Å². The molecule has 112 valence electrons. The maximum Gasteiger partial charge on any atom is 0.308 e. The lowest BCUT2D eigenvalue weighted by molar-refractivity contribution is 0.0961. The average molecular weight is 298 g/mol. The number of hydrogen-bond acceptors (Lipinski definition) is 5. The fourth-order valence-corrected chi connectivity index (χ4v) is 2.34. The van der Waals surface area contributed by atoms with E-state index in [0.717, 1.165) is 5.01 Å². The van der Waals surface area contributed by atoms with Gasteiger partial charge in [0, 0.05) is 5.56 Å². The van der Waals surface area contributed by atoms with E-state index in [0.29, 0.717) is 16.6 Å². The number of benzene rings is 2. The van der Waals surface area contributed by atoms with Crippen LogP contribution in [0.25, 0.3) is 11.0 Å². The fraction of sp³-hybridized carbons (Fsp3) is 0.0625. The van der Waals surface area contributed by atoms with Crippen molar-refractivity contribution in [1.82, 2.24) is 0 Å². The number of hydrogen-bond donors (Lipinski definition) is 3. The van der Waals surface area contributed by atoms with Gasteiger partial charge in [-0.1, -0.05) is 18.2 Å². The molecule has 1 heterocycles. The first kappa shape index (κ1) is 14.0. The van der Waals surface area contributed by atoms with Crippen LogP contribution in [0.1, 0.15) is 16.1 Å². The lowest BCUT2D eigenvalue weighted by Gasteiger charge is -2.15. The van der Waals surface area contributed by atoms with E-state index in [2.05, 4.69) is 0 Å². The van der Waals surface area contributed by atoms with Gasteiger partial charge in [-0.2, -0.15) is 0 Å². The van der Waals surface area contributed by atoms with Crippen molar-refractivity contribution in [3.63, 3.8) is 0 Å². The molecule has 0 aliphatic rings. The molecule has 0 unspecified atom stereocenters. The Hall–Kier alpha value is -2.99. The van der Waals surface area contributed by atoms with Gasteiger partial charge in [0.2, 0.25) is 0 Å². The first-order chi connectivity index (χ1) is 10.5. The van der Waals surface area contributed by atoms with Crippen LogP contribution in [-0.2, 0) is 0 Å². The number of carbonyl (C=O) groups is 1. The van der Waals surface area contributed by atoms with Gasteiger partial charge in [0.1, 0.15) is 5.75 Å². The highest BCUT2D eigenvalue weighted by Crippen LogP contribution is 2.38. The molecule has 0 fully saturated rings. The Morgan fingerprint density at radius 1 is 1.09 bits per heavy atom. The summed E-state index contributed by atoms with van der Waals surface area (Å²) in [5.74, 6) is 5.01. The zero-order valence-corrected chi connectivity index (χ0v) is 11.8. The number of amides is 1. The van der Waals surface area contributed by atoms with Crippen LogP contribution in [-0.4, -0.2) is 16.1 Å². The third-order valence-corrected chi connectivity index (χ3v) is 3.48. The van der Waals surface area contributed by atoms with Crippen molar-refractivity contribution >= 4 is 22.6 Å². The Labute approximate surface area is 126 Å². The SMILES string of the molecule is Cc1c(C(=O)N(N)c2ccccc2)oc2c(O)ccc(O)c12. The van der Waals surface area contributed by atoms with Gasteiger partial charge in [-0.05, 0) is 31.2 Å².